The van der Waals surface area contributed by atoms with Crippen molar-refractivity contribution >= 4 is 5.78 Å². The molecule has 0 unspecified atom stereocenters. The summed E-state index contributed by atoms with van der Waals surface area (Å²) in [5.74, 6) is 0.512. The van der Waals surface area contributed by atoms with Gasteiger partial charge in [-0.15, -0.1) is 0 Å². The summed E-state index contributed by atoms with van der Waals surface area (Å²) in [5, 5.41) is 0. The monoisotopic (exact) mass is 270 g/mol. The lowest BCUT2D eigenvalue weighted by atomic mass is 9.99. The van der Waals surface area contributed by atoms with Crippen LogP contribution in [0.3, 0.4) is 0 Å². The Labute approximate surface area is 118 Å². The van der Waals surface area contributed by atoms with Crippen LogP contribution in [0.1, 0.15) is 72.6 Å². The van der Waals surface area contributed by atoms with Gasteiger partial charge in [0.05, 0.1) is 6.10 Å². The molecule has 1 aliphatic rings. The molecule has 0 radical (unpaired) electrons. The number of ketones is 1. The van der Waals surface area contributed by atoms with Crippen molar-refractivity contribution in [3.63, 3.8) is 0 Å². The third kappa shape index (κ3) is 5.62. The second-order valence-corrected chi connectivity index (χ2v) is 5.90. The van der Waals surface area contributed by atoms with E-state index in [-0.39, 0.29) is 24.3 Å². The first-order chi connectivity index (χ1) is 9.08. The summed E-state index contributed by atoms with van der Waals surface area (Å²) in [6.45, 7) is 8.28. The maximum Gasteiger partial charge on any atom is 0.161 e. The summed E-state index contributed by atoms with van der Waals surface area (Å²) >= 11 is 0. The second-order valence-electron chi connectivity index (χ2n) is 5.90. The van der Waals surface area contributed by atoms with Crippen LogP contribution in [0, 0.1) is 5.92 Å². The average molecular weight is 270 g/mol. The van der Waals surface area contributed by atoms with Crippen LogP contribution >= 0.6 is 0 Å². The number of Topliss-reactive ketones (excluding diaryl/α,β-unsaturated/α-hetero) is 1. The highest BCUT2D eigenvalue weighted by Crippen LogP contribution is 2.27. The fraction of sp³-hybridized carbons (Fsp3) is 0.938. The third-order valence-corrected chi connectivity index (χ3v) is 3.73. The molecule has 19 heavy (non-hydrogen) atoms. The minimum Gasteiger partial charge on any atom is -0.349 e. The Balaban J connectivity index is 2.48. The van der Waals surface area contributed by atoms with E-state index >= 15 is 0 Å². The van der Waals surface area contributed by atoms with Crippen LogP contribution in [0.5, 0.6) is 0 Å². The predicted octanol–water partition coefficient (Wildman–Crippen LogP) is 4.09. The zero-order valence-electron chi connectivity index (χ0n) is 13.0. The first kappa shape index (κ1) is 16.6. The van der Waals surface area contributed by atoms with E-state index in [0.29, 0.717) is 12.3 Å². The van der Waals surface area contributed by atoms with Gasteiger partial charge in [-0.2, -0.15) is 0 Å². The van der Waals surface area contributed by atoms with E-state index in [1.165, 1.54) is 25.7 Å². The highest BCUT2D eigenvalue weighted by molar-refractivity contribution is 5.82. The Morgan fingerprint density at radius 3 is 2.47 bits per heavy atom. The van der Waals surface area contributed by atoms with Crippen LogP contribution < -0.4 is 0 Å². The molecule has 0 bridgehead atoms. The highest BCUT2D eigenvalue weighted by Gasteiger charge is 2.34. The smallest absolute Gasteiger partial charge is 0.161 e. The van der Waals surface area contributed by atoms with E-state index in [2.05, 4.69) is 20.8 Å². The van der Waals surface area contributed by atoms with E-state index in [1.54, 1.807) is 0 Å². The number of carbonyl (C=O) groups excluding carboxylic acids is 1. The summed E-state index contributed by atoms with van der Waals surface area (Å²) in [4.78, 5) is 11.9. The maximum atomic E-state index is 11.9. The van der Waals surface area contributed by atoms with Crippen molar-refractivity contribution in [3.8, 4) is 0 Å². The zero-order valence-corrected chi connectivity index (χ0v) is 13.0. The largest absolute Gasteiger partial charge is 0.349 e. The molecule has 112 valence electrons. The molecule has 3 heteroatoms. The number of unbranched alkanes of at least 4 members (excludes halogenated alkanes) is 3. The number of ether oxygens (including phenoxy) is 2. The van der Waals surface area contributed by atoms with E-state index in [0.717, 1.165) is 12.8 Å². The third-order valence-electron chi connectivity index (χ3n) is 3.73. The van der Waals surface area contributed by atoms with Crippen LogP contribution in [-0.2, 0) is 14.3 Å². The lowest BCUT2D eigenvalue weighted by molar-refractivity contribution is -0.255. The number of hydrogen-bond donors (Lipinski definition) is 0. The van der Waals surface area contributed by atoms with Crippen molar-refractivity contribution in [3.05, 3.63) is 0 Å². The van der Waals surface area contributed by atoms with Crippen molar-refractivity contribution in [2.24, 2.45) is 5.92 Å². The van der Waals surface area contributed by atoms with Gasteiger partial charge < -0.3 is 9.47 Å². The second kappa shape index (κ2) is 8.70. The van der Waals surface area contributed by atoms with Gasteiger partial charge in [0, 0.05) is 18.8 Å². The van der Waals surface area contributed by atoms with Crippen molar-refractivity contribution in [2.45, 2.75) is 91.1 Å². The van der Waals surface area contributed by atoms with E-state index in [4.69, 9.17) is 9.47 Å². The topological polar surface area (TPSA) is 35.5 Å². The molecule has 0 aliphatic carbocycles. The van der Waals surface area contributed by atoms with Crippen molar-refractivity contribution in [2.75, 3.05) is 0 Å². The molecule has 1 aliphatic heterocycles. The van der Waals surface area contributed by atoms with E-state index < -0.39 is 0 Å². The standard InChI is InChI=1S/C16H30O3/c1-5-7-8-9-10-13-11-15(14(17)6-2)19-16(18-13)12(3)4/h12-13,15-16H,5-11H2,1-4H3/t13-,15-,16-/m1/s1. The summed E-state index contributed by atoms with van der Waals surface area (Å²) < 4.78 is 11.8. The van der Waals surface area contributed by atoms with Crippen molar-refractivity contribution in [1.82, 2.24) is 0 Å². The molecular weight excluding hydrogens is 240 g/mol. The normalized spacial score (nSPS) is 27.7. The Kier molecular flexibility index (Phi) is 7.62. The average Bonchev–Trinajstić information content (AvgIpc) is 2.42. The SMILES string of the molecule is CCCCCC[C@@H]1C[C@H](C(=O)CC)O[C@H](C(C)C)O1. The van der Waals surface area contributed by atoms with Gasteiger partial charge in [-0.3, -0.25) is 4.79 Å². The van der Waals surface area contributed by atoms with Crippen LogP contribution in [0.2, 0.25) is 0 Å². The van der Waals surface area contributed by atoms with Crippen molar-refractivity contribution < 1.29 is 14.3 Å². The molecule has 1 saturated heterocycles. The molecule has 0 aromatic carbocycles. The summed E-state index contributed by atoms with van der Waals surface area (Å²) in [7, 11) is 0. The maximum absolute atomic E-state index is 11.9. The predicted molar refractivity (Wildman–Crippen MR) is 77.0 cm³/mol. The number of carbonyl (C=O) groups is 1. The van der Waals surface area contributed by atoms with Gasteiger partial charge in [0.2, 0.25) is 0 Å². The van der Waals surface area contributed by atoms with Crippen LogP contribution in [0.4, 0.5) is 0 Å². The van der Waals surface area contributed by atoms with Gasteiger partial charge in [0.25, 0.3) is 0 Å². The minimum absolute atomic E-state index is 0.193. The molecule has 3 atom stereocenters. The summed E-state index contributed by atoms with van der Waals surface area (Å²) in [6.07, 6.45) is 7.06. The first-order valence-corrected chi connectivity index (χ1v) is 7.92. The molecule has 0 saturated carbocycles. The summed E-state index contributed by atoms with van der Waals surface area (Å²) in [6, 6.07) is 0. The molecule has 0 aromatic rings. The minimum atomic E-state index is -0.248. The molecule has 0 aromatic heterocycles. The molecule has 0 spiro atoms. The zero-order chi connectivity index (χ0) is 14.3. The van der Waals surface area contributed by atoms with Gasteiger partial charge in [-0.1, -0.05) is 53.4 Å². The first-order valence-electron chi connectivity index (χ1n) is 7.92. The molecule has 3 nitrogen and oxygen atoms in total. The Hall–Kier alpha value is -0.410. The van der Waals surface area contributed by atoms with Crippen LogP contribution in [0.15, 0.2) is 0 Å². The highest BCUT2D eigenvalue weighted by atomic mass is 16.7. The van der Waals surface area contributed by atoms with Crippen LogP contribution in [0.25, 0.3) is 0 Å². The van der Waals surface area contributed by atoms with Gasteiger partial charge in [0.15, 0.2) is 12.1 Å². The quantitative estimate of drug-likeness (QED) is 0.623. The Morgan fingerprint density at radius 1 is 1.16 bits per heavy atom. The summed E-state index contributed by atoms with van der Waals surface area (Å²) in [5.41, 5.74) is 0. The molecule has 1 rings (SSSR count). The Morgan fingerprint density at radius 2 is 1.89 bits per heavy atom. The lowest BCUT2D eigenvalue weighted by Crippen LogP contribution is -2.44. The number of hydrogen-bond acceptors (Lipinski definition) is 3. The molecular formula is C16H30O3. The molecule has 0 amide bonds. The van der Waals surface area contributed by atoms with Gasteiger partial charge >= 0.3 is 0 Å². The Bertz CT molecular complexity index is 263. The van der Waals surface area contributed by atoms with Gasteiger partial charge in [-0.25, -0.2) is 0 Å². The van der Waals surface area contributed by atoms with E-state index in [9.17, 15) is 4.79 Å². The fourth-order valence-corrected chi connectivity index (χ4v) is 2.47. The lowest BCUT2D eigenvalue weighted by Gasteiger charge is -2.37. The van der Waals surface area contributed by atoms with E-state index in [1.807, 2.05) is 6.92 Å². The van der Waals surface area contributed by atoms with Crippen molar-refractivity contribution in [1.29, 1.82) is 0 Å². The number of rotatable bonds is 8. The fourth-order valence-electron chi connectivity index (χ4n) is 2.47. The molecule has 1 fully saturated rings. The van der Waals surface area contributed by atoms with Crippen LogP contribution in [-0.4, -0.2) is 24.3 Å². The van der Waals surface area contributed by atoms with Gasteiger partial charge in [-0.05, 0) is 6.42 Å². The molecule has 1 heterocycles. The van der Waals surface area contributed by atoms with Gasteiger partial charge in [0.1, 0.15) is 6.10 Å². The molecule has 0 N–H and O–H groups in total.